The molecular weight excluding hydrogens is 304 g/mol. The number of amides is 1. The van der Waals surface area contributed by atoms with Gasteiger partial charge in [-0.3, -0.25) is 9.78 Å². The van der Waals surface area contributed by atoms with E-state index in [4.69, 9.17) is 9.47 Å². The van der Waals surface area contributed by atoms with E-state index < -0.39 is 18.0 Å². The van der Waals surface area contributed by atoms with Gasteiger partial charge >= 0.3 is 5.97 Å². The summed E-state index contributed by atoms with van der Waals surface area (Å²) < 4.78 is 10.3. The molecule has 1 N–H and O–H groups in total. The Morgan fingerprint density at radius 2 is 2.09 bits per heavy atom. The van der Waals surface area contributed by atoms with E-state index >= 15 is 0 Å². The first-order valence-corrected chi connectivity index (χ1v) is 7.51. The molecule has 0 spiro atoms. The van der Waals surface area contributed by atoms with Crippen LogP contribution in [0.4, 0.5) is 0 Å². The maximum atomic E-state index is 12.3. The highest BCUT2D eigenvalue weighted by atomic mass is 32.1. The maximum Gasteiger partial charge on any atom is 0.349 e. The zero-order valence-electron chi connectivity index (χ0n) is 12.0. The second kappa shape index (κ2) is 8.26. The van der Waals surface area contributed by atoms with Gasteiger partial charge in [-0.1, -0.05) is 6.07 Å². The Labute approximate surface area is 132 Å². The van der Waals surface area contributed by atoms with Crippen LogP contribution in [0.1, 0.15) is 21.3 Å². The van der Waals surface area contributed by atoms with Gasteiger partial charge in [0, 0.05) is 31.6 Å². The number of carbonyl (C=O) groups excluding carboxylic acids is 2. The van der Waals surface area contributed by atoms with E-state index in [1.807, 2.05) is 0 Å². The molecule has 0 aromatic carbocycles. The van der Waals surface area contributed by atoms with Gasteiger partial charge in [0.1, 0.15) is 4.88 Å². The lowest BCUT2D eigenvalue weighted by atomic mass is 10.1. The molecule has 116 valence electrons. The number of esters is 1. The molecule has 0 unspecified atom stereocenters. The number of pyridine rings is 1. The SMILES string of the molecule is COCCNC(=O)[C@H](OC(=O)c1cccs1)c1ccncc1. The largest absolute Gasteiger partial charge is 0.443 e. The monoisotopic (exact) mass is 320 g/mol. The first-order valence-electron chi connectivity index (χ1n) is 6.63. The summed E-state index contributed by atoms with van der Waals surface area (Å²) in [5.41, 5.74) is 0.565. The van der Waals surface area contributed by atoms with E-state index in [1.165, 1.54) is 11.3 Å². The van der Waals surface area contributed by atoms with Crippen LogP contribution in [-0.2, 0) is 14.3 Å². The van der Waals surface area contributed by atoms with Crippen molar-refractivity contribution in [3.8, 4) is 0 Å². The Bertz CT molecular complexity index is 601. The third-order valence-corrected chi connectivity index (χ3v) is 3.65. The molecule has 0 bridgehead atoms. The van der Waals surface area contributed by atoms with Crippen LogP contribution in [0.15, 0.2) is 42.0 Å². The third-order valence-electron chi connectivity index (χ3n) is 2.80. The van der Waals surface area contributed by atoms with Crippen molar-refractivity contribution in [3.63, 3.8) is 0 Å². The topological polar surface area (TPSA) is 77.5 Å². The Kier molecular flexibility index (Phi) is 6.05. The molecule has 2 rings (SSSR count). The molecule has 0 aliphatic carbocycles. The first kappa shape index (κ1) is 16.1. The van der Waals surface area contributed by atoms with Crippen LogP contribution in [0.25, 0.3) is 0 Å². The second-order valence-corrected chi connectivity index (χ2v) is 5.27. The Morgan fingerprint density at radius 1 is 1.32 bits per heavy atom. The molecular formula is C15H16N2O4S. The van der Waals surface area contributed by atoms with Crippen molar-refractivity contribution in [2.45, 2.75) is 6.10 Å². The van der Waals surface area contributed by atoms with Crippen molar-refractivity contribution in [2.24, 2.45) is 0 Å². The molecule has 0 fully saturated rings. The second-order valence-electron chi connectivity index (χ2n) is 4.33. The standard InChI is InChI=1S/C15H16N2O4S/c1-20-9-8-17-14(18)13(11-4-6-16-7-5-11)21-15(19)12-3-2-10-22-12/h2-7,10,13H,8-9H2,1H3,(H,17,18)/t13-/m1/s1. The minimum atomic E-state index is -1.02. The van der Waals surface area contributed by atoms with Gasteiger partial charge in [0.2, 0.25) is 6.10 Å². The van der Waals surface area contributed by atoms with Gasteiger partial charge in [0.05, 0.1) is 6.61 Å². The summed E-state index contributed by atoms with van der Waals surface area (Å²) in [4.78, 5) is 28.7. The predicted octanol–water partition coefficient (Wildman–Crippen LogP) is 1.80. The van der Waals surface area contributed by atoms with Gasteiger partial charge in [-0.05, 0) is 23.6 Å². The van der Waals surface area contributed by atoms with Gasteiger partial charge in [0.15, 0.2) is 0 Å². The summed E-state index contributed by atoms with van der Waals surface area (Å²) in [6.07, 6.45) is 2.07. The van der Waals surface area contributed by atoms with Gasteiger partial charge in [0.25, 0.3) is 5.91 Å². The summed E-state index contributed by atoms with van der Waals surface area (Å²) in [5.74, 6) is -0.924. The van der Waals surface area contributed by atoms with E-state index in [0.29, 0.717) is 23.6 Å². The average Bonchev–Trinajstić information content (AvgIpc) is 3.08. The molecule has 0 aliphatic heterocycles. The van der Waals surface area contributed by atoms with Crippen LogP contribution in [0, 0.1) is 0 Å². The van der Waals surface area contributed by atoms with Crippen LogP contribution in [-0.4, -0.2) is 37.1 Å². The molecule has 0 saturated heterocycles. The van der Waals surface area contributed by atoms with Crippen molar-refractivity contribution in [2.75, 3.05) is 20.3 Å². The summed E-state index contributed by atoms with van der Waals surface area (Å²) in [5, 5.41) is 4.45. The zero-order chi connectivity index (χ0) is 15.8. The molecule has 0 saturated carbocycles. The minimum absolute atomic E-state index is 0.341. The Morgan fingerprint density at radius 3 is 2.73 bits per heavy atom. The molecule has 1 amide bonds. The molecule has 6 nitrogen and oxygen atoms in total. The summed E-state index contributed by atoms with van der Waals surface area (Å²) in [7, 11) is 1.54. The lowest BCUT2D eigenvalue weighted by molar-refractivity contribution is -0.130. The minimum Gasteiger partial charge on any atom is -0.443 e. The fourth-order valence-electron chi connectivity index (χ4n) is 1.74. The van der Waals surface area contributed by atoms with E-state index in [1.54, 1.807) is 49.1 Å². The van der Waals surface area contributed by atoms with Crippen molar-refractivity contribution in [1.29, 1.82) is 0 Å². The number of rotatable bonds is 7. The number of methoxy groups -OCH3 is 1. The number of aromatic nitrogens is 1. The summed E-state index contributed by atoms with van der Waals surface area (Å²) in [6, 6.07) is 6.69. The quantitative estimate of drug-likeness (QED) is 0.622. The van der Waals surface area contributed by atoms with Crippen LogP contribution in [0.3, 0.4) is 0 Å². The molecule has 0 aliphatic rings. The number of hydrogen-bond acceptors (Lipinski definition) is 6. The highest BCUT2D eigenvalue weighted by molar-refractivity contribution is 7.11. The van der Waals surface area contributed by atoms with Crippen molar-refractivity contribution < 1.29 is 19.1 Å². The van der Waals surface area contributed by atoms with E-state index in [2.05, 4.69) is 10.3 Å². The molecule has 2 aromatic rings. The maximum absolute atomic E-state index is 12.3. The Hall–Kier alpha value is -2.25. The van der Waals surface area contributed by atoms with E-state index in [-0.39, 0.29) is 0 Å². The van der Waals surface area contributed by atoms with Gasteiger partial charge in [-0.15, -0.1) is 11.3 Å². The average molecular weight is 320 g/mol. The number of nitrogens with one attached hydrogen (secondary N) is 1. The van der Waals surface area contributed by atoms with E-state index in [0.717, 1.165) is 0 Å². The van der Waals surface area contributed by atoms with Crippen molar-refractivity contribution in [3.05, 3.63) is 52.5 Å². The van der Waals surface area contributed by atoms with Crippen molar-refractivity contribution >= 4 is 23.2 Å². The van der Waals surface area contributed by atoms with Crippen LogP contribution in [0.2, 0.25) is 0 Å². The highest BCUT2D eigenvalue weighted by Crippen LogP contribution is 2.20. The number of nitrogens with zero attached hydrogens (tertiary/aromatic N) is 1. The summed E-state index contributed by atoms with van der Waals surface area (Å²) in [6.45, 7) is 0.723. The molecule has 2 aromatic heterocycles. The molecule has 22 heavy (non-hydrogen) atoms. The lowest BCUT2D eigenvalue weighted by Gasteiger charge is -2.17. The van der Waals surface area contributed by atoms with Gasteiger partial charge < -0.3 is 14.8 Å². The van der Waals surface area contributed by atoms with Crippen LogP contribution >= 0.6 is 11.3 Å². The predicted molar refractivity (Wildman–Crippen MR) is 81.6 cm³/mol. The number of thiophene rings is 1. The molecule has 2 heterocycles. The van der Waals surface area contributed by atoms with Crippen LogP contribution in [0.5, 0.6) is 0 Å². The number of hydrogen-bond donors (Lipinski definition) is 1. The van der Waals surface area contributed by atoms with Crippen LogP contribution < -0.4 is 5.32 Å². The molecule has 0 radical (unpaired) electrons. The van der Waals surface area contributed by atoms with Crippen molar-refractivity contribution in [1.82, 2.24) is 10.3 Å². The van der Waals surface area contributed by atoms with Gasteiger partial charge in [-0.2, -0.15) is 0 Å². The fourth-order valence-corrected chi connectivity index (χ4v) is 2.35. The zero-order valence-corrected chi connectivity index (χ0v) is 12.8. The fraction of sp³-hybridized carbons (Fsp3) is 0.267. The normalized spacial score (nSPS) is 11.7. The first-order chi connectivity index (χ1) is 10.7. The molecule has 1 atom stereocenters. The number of carbonyl (C=O) groups is 2. The summed E-state index contributed by atoms with van der Waals surface area (Å²) >= 11 is 1.26. The van der Waals surface area contributed by atoms with Gasteiger partial charge in [-0.25, -0.2) is 4.79 Å². The lowest BCUT2D eigenvalue weighted by Crippen LogP contribution is -2.34. The Balaban J connectivity index is 2.11. The highest BCUT2D eigenvalue weighted by Gasteiger charge is 2.25. The third kappa shape index (κ3) is 4.37. The van der Waals surface area contributed by atoms with E-state index in [9.17, 15) is 9.59 Å². The number of ether oxygens (including phenoxy) is 2. The smallest absolute Gasteiger partial charge is 0.349 e. The molecule has 7 heteroatoms.